The van der Waals surface area contributed by atoms with E-state index in [0.29, 0.717) is 12.6 Å². The highest BCUT2D eigenvalue weighted by molar-refractivity contribution is 9.10. The average molecular weight is 358 g/mol. The lowest BCUT2D eigenvalue weighted by atomic mass is 10.0. The fourth-order valence-electron chi connectivity index (χ4n) is 2.39. The van der Waals surface area contributed by atoms with Gasteiger partial charge in [-0.15, -0.1) is 0 Å². The van der Waals surface area contributed by atoms with Crippen molar-refractivity contribution in [3.05, 3.63) is 28.5 Å². The predicted molar refractivity (Wildman–Crippen MR) is 85.9 cm³/mol. The molecule has 1 aromatic rings. The Morgan fingerprint density at radius 3 is 2.67 bits per heavy atom. The minimum atomic E-state index is -0.246. The quantitative estimate of drug-likeness (QED) is 0.899. The van der Waals surface area contributed by atoms with Crippen molar-refractivity contribution < 1.29 is 9.18 Å². The van der Waals surface area contributed by atoms with Crippen LogP contribution in [0.3, 0.4) is 0 Å². The summed E-state index contributed by atoms with van der Waals surface area (Å²) in [5.74, 6) is -0.105. The van der Waals surface area contributed by atoms with Crippen LogP contribution < -0.4 is 5.32 Å². The van der Waals surface area contributed by atoms with E-state index in [9.17, 15) is 9.18 Å². The SMILES string of the molecule is CN(C)C(=O)CN1CCC(Nc2ccc(F)cc2Br)CC1. The number of amides is 1. The van der Waals surface area contributed by atoms with Gasteiger partial charge in [0.25, 0.3) is 0 Å². The minimum absolute atomic E-state index is 0.141. The molecule has 4 nitrogen and oxygen atoms in total. The first-order valence-electron chi connectivity index (χ1n) is 7.10. The number of hydrogen-bond donors (Lipinski definition) is 1. The first kappa shape index (κ1) is 16.2. The Hall–Kier alpha value is -1.14. The van der Waals surface area contributed by atoms with Crippen molar-refractivity contribution in [2.24, 2.45) is 0 Å². The van der Waals surface area contributed by atoms with E-state index in [1.807, 2.05) is 0 Å². The maximum absolute atomic E-state index is 13.1. The molecule has 0 spiro atoms. The third-order valence-electron chi connectivity index (χ3n) is 3.74. The van der Waals surface area contributed by atoms with E-state index >= 15 is 0 Å². The Kier molecular flexibility index (Phi) is 5.58. The molecule has 1 aliphatic rings. The lowest BCUT2D eigenvalue weighted by Crippen LogP contribution is -2.43. The Balaban J connectivity index is 1.83. The van der Waals surface area contributed by atoms with E-state index < -0.39 is 0 Å². The van der Waals surface area contributed by atoms with Crippen molar-refractivity contribution >= 4 is 27.5 Å². The zero-order valence-electron chi connectivity index (χ0n) is 12.4. The van der Waals surface area contributed by atoms with Gasteiger partial charge in [0.1, 0.15) is 5.82 Å². The lowest BCUT2D eigenvalue weighted by molar-refractivity contribution is -0.130. The molecule has 1 amide bonds. The summed E-state index contributed by atoms with van der Waals surface area (Å²) in [4.78, 5) is 15.5. The second kappa shape index (κ2) is 7.22. The van der Waals surface area contributed by atoms with Crippen LogP contribution in [0.4, 0.5) is 10.1 Å². The summed E-state index contributed by atoms with van der Waals surface area (Å²) in [6.45, 7) is 2.28. The topological polar surface area (TPSA) is 35.6 Å². The van der Waals surface area contributed by atoms with E-state index in [0.717, 1.165) is 36.1 Å². The molecular weight excluding hydrogens is 337 g/mol. The van der Waals surface area contributed by atoms with Gasteiger partial charge >= 0.3 is 0 Å². The molecule has 0 radical (unpaired) electrons. The lowest BCUT2D eigenvalue weighted by Gasteiger charge is -2.33. The maximum Gasteiger partial charge on any atom is 0.236 e. The molecule has 1 fully saturated rings. The number of nitrogens with one attached hydrogen (secondary N) is 1. The van der Waals surface area contributed by atoms with Crippen molar-refractivity contribution in [3.63, 3.8) is 0 Å². The van der Waals surface area contributed by atoms with E-state index in [1.54, 1.807) is 25.1 Å². The number of carbonyl (C=O) groups is 1. The number of nitrogens with zero attached hydrogens (tertiary/aromatic N) is 2. The molecule has 2 rings (SSSR count). The number of anilines is 1. The van der Waals surface area contributed by atoms with Crippen LogP contribution in [0.1, 0.15) is 12.8 Å². The molecule has 1 aliphatic heterocycles. The van der Waals surface area contributed by atoms with Crippen molar-refractivity contribution in [2.75, 3.05) is 39.0 Å². The highest BCUT2D eigenvalue weighted by Gasteiger charge is 2.21. The molecule has 116 valence electrons. The van der Waals surface area contributed by atoms with Crippen LogP contribution in [-0.2, 0) is 4.79 Å². The standard InChI is InChI=1S/C15H21BrFN3O/c1-19(2)15(21)10-20-7-5-12(6-8-20)18-14-4-3-11(17)9-13(14)16/h3-4,9,12,18H,5-8,10H2,1-2H3. The third-order valence-corrected chi connectivity index (χ3v) is 4.39. The van der Waals surface area contributed by atoms with E-state index in [-0.39, 0.29) is 11.7 Å². The number of likely N-dealkylation sites (N-methyl/N-ethyl adjacent to an activating group) is 1. The van der Waals surface area contributed by atoms with E-state index in [4.69, 9.17) is 0 Å². The Morgan fingerprint density at radius 1 is 1.43 bits per heavy atom. The largest absolute Gasteiger partial charge is 0.381 e. The first-order chi connectivity index (χ1) is 9.95. The predicted octanol–water partition coefficient (Wildman–Crippen LogP) is 2.55. The van der Waals surface area contributed by atoms with Crippen molar-refractivity contribution in [3.8, 4) is 0 Å². The summed E-state index contributed by atoms with van der Waals surface area (Å²) in [5, 5.41) is 3.44. The molecule has 0 aromatic heterocycles. The van der Waals surface area contributed by atoms with Gasteiger partial charge < -0.3 is 10.2 Å². The van der Waals surface area contributed by atoms with Crippen LogP contribution in [0.2, 0.25) is 0 Å². The van der Waals surface area contributed by atoms with Crippen LogP contribution in [0, 0.1) is 5.82 Å². The highest BCUT2D eigenvalue weighted by atomic mass is 79.9. The number of likely N-dealkylation sites (tertiary alicyclic amines) is 1. The third kappa shape index (κ3) is 4.68. The van der Waals surface area contributed by atoms with Gasteiger partial charge in [-0.05, 0) is 47.0 Å². The van der Waals surface area contributed by atoms with Crippen molar-refractivity contribution in [1.29, 1.82) is 0 Å². The summed E-state index contributed by atoms with van der Waals surface area (Å²) in [5.41, 5.74) is 0.916. The normalized spacial score (nSPS) is 16.8. The summed E-state index contributed by atoms with van der Waals surface area (Å²) in [7, 11) is 3.56. The van der Waals surface area contributed by atoms with Crippen LogP contribution in [0.25, 0.3) is 0 Å². The van der Waals surface area contributed by atoms with Gasteiger partial charge in [-0.3, -0.25) is 9.69 Å². The Bertz CT molecular complexity index is 502. The number of hydrogen-bond acceptors (Lipinski definition) is 3. The van der Waals surface area contributed by atoms with Crippen LogP contribution in [0.5, 0.6) is 0 Å². The van der Waals surface area contributed by atoms with Gasteiger partial charge in [-0.1, -0.05) is 0 Å². The van der Waals surface area contributed by atoms with Gasteiger partial charge in [0.15, 0.2) is 0 Å². The Labute approximate surface area is 133 Å². The number of piperidine rings is 1. The van der Waals surface area contributed by atoms with Gasteiger partial charge in [-0.2, -0.15) is 0 Å². The fraction of sp³-hybridized carbons (Fsp3) is 0.533. The maximum atomic E-state index is 13.1. The molecule has 1 N–H and O–H groups in total. The summed E-state index contributed by atoms with van der Waals surface area (Å²) in [6, 6.07) is 5.03. The summed E-state index contributed by atoms with van der Waals surface area (Å²) in [6.07, 6.45) is 1.95. The van der Waals surface area contributed by atoms with Crippen LogP contribution in [0.15, 0.2) is 22.7 Å². The molecule has 6 heteroatoms. The zero-order chi connectivity index (χ0) is 15.4. The average Bonchev–Trinajstić information content (AvgIpc) is 2.43. The molecule has 21 heavy (non-hydrogen) atoms. The smallest absolute Gasteiger partial charge is 0.236 e. The van der Waals surface area contributed by atoms with Crippen LogP contribution >= 0.6 is 15.9 Å². The van der Waals surface area contributed by atoms with Crippen molar-refractivity contribution in [2.45, 2.75) is 18.9 Å². The molecule has 0 saturated carbocycles. The van der Waals surface area contributed by atoms with E-state index in [1.165, 1.54) is 12.1 Å². The molecular formula is C15H21BrFN3O. The van der Waals surface area contributed by atoms with Gasteiger partial charge in [0.05, 0.1) is 6.54 Å². The molecule has 1 heterocycles. The van der Waals surface area contributed by atoms with Gasteiger partial charge in [0, 0.05) is 43.4 Å². The van der Waals surface area contributed by atoms with Crippen LogP contribution in [-0.4, -0.2) is 55.5 Å². The van der Waals surface area contributed by atoms with E-state index in [2.05, 4.69) is 26.1 Å². The highest BCUT2D eigenvalue weighted by Crippen LogP contribution is 2.25. The Morgan fingerprint density at radius 2 is 2.10 bits per heavy atom. The summed E-state index contributed by atoms with van der Waals surface area (Å²) >= 11 is 3.37. The monoisotopic (exact) mass is 357 g/mol. The molecule has 0 aliphatic carbocycles. The second-order valence-corrected chi connectivity index (χ2v) is 6.46. The second-order valence-electron chi connectivity index (χ2n) is 5.61. The van der Waals surface area contributed by atoms with Crippen molar-refractivity contribution in [1.82, 2.24) is 9.80 Å². The molecule has 0 unspecified atom stereocenters. The number of rotatable bonds is 4. The number of benzene rings is 1. The minimum Gasteiger partial charge on any atom is -0.381 e. The number of carbonyl (C=O) groups excluding carboxylic acids is 1. The van der Waals surface area contributed by atoms with Gasteiger partial charge in [-0.25, -0.2) is 4.39 Å². The molecule has 1 saturated heterocycles. The fourth-order valence-corrected chi connectivity index (χ4v) is 2.86. The number of halogens is 2. The zero-order valence-corrected chi connectivity index (χ0v) is 14.0. The first-order valence-corrected chi connectivity index (χ1v) is 7.89. The molecule has 1 aromatic carbocycles. The van der Waals surface area contributed by atoms with Gasteiger partial charge in [0.2, 0.25) is 5.91 Å². The molecule has 0 atom stereocenters. The molecule has 0 bridgehead atoms. The summed E-state index contributed by atoms with van der Waals surface area (Å²) < 4.78 is 13.8.